The molecule has 0 spiro atoms. The molecule has 3 rings (SSSR count). The summed E-state index contributed by atoms with van der Waals surface area (Å²) in [6.45, 7) is 10.4. The van der Waals surface area contributed by atoms with Gasteiger partial charge in [0.05, 0.1) is 22.6 Å². The highest BCUT2D eigenvalue weighted by Crippen LogP contribution is 2.25. The van der Waals surface area contributed by atoms with Gasteiger partial charge in [-0.3, -0.25) is 14.2 Å². The first-order valence-corrected chi connectivity index (χ1v) is 10.2. The predicted molar refractivity (Wildman–Crippen MR) is 117 cm³/mol. The smallest absolute Gasteiger partial charge is 0.266 e. The molecular weight excluding hydrogens is 362 g/mol. The third-order valence-electron chi connectivity index (χ3n) is 5.24. The van der Waals surface area contributed by atoms with E-state index in [2.05, 4.69) is 6.92 Å². The number of carbonyl (C=O) groups excluding carboxylic acids is 1. The van der Waals surface area contributed by atoms with Crippen LogP contribution in [0.25, 0.3) is 16.6 Å². The lowest BCUT2D eigenvalue weighted by molar-refractivity contribution is -0.136. The van der Waals surface area contributed by atoms with E-state index in [4.69, 9.17) is 4.98 Å². The van der Waals surface area contributed by atoms with Crippen molar-refractivity contribution in [2.24, 2.45) is 5.92 Å². The fourth-order valence-electron chi connectivity index (χ4n) is 3.68. The SMILES string of the molecule is CCCN(C(=O)C(C)C)C(C)c1nc2ccccc2c(=O)n1-c1ccccc1C. The van der Waals surface area contributed by atoms with Crippen LogP contribution >= 0.6 is 0 Å². The second kappa shape index (κ2) is 8.60. The summed E-state index contributed by atoms with van der Waals surface area (Å²) in [4.78, 5) is 33.1. The molecule has 0 bridgehead atoms. The van der Waals surface area contributed by atoms with Crippen molar-refractivity contribution in [3.8, 4) is 5.69 Å². The topological polar surface area (TPSA) is 55.2 Å². The summed E-state index contributed by atoms with van der Waals surface area (Å²) in [6.07, 6.45) is 0.838. The highest BCUT2D eigenvalue weighted by molar-refractivity contribution is 5.79. The van der Waals surface area contributed by atoms with E-state index in [9.17, 15) is 9.59 Å². The number of nitrogens with zero attached hydrogens (tertiary/aromatic N) is 3. The lowest BCUT2D eigenvalue weighted by atomic mass is 10.1. The second-order valence-corrected chi connectivity index (χ2v) is 7.78. The Morgan fingerprint density at radius 1 is 1.07 bits per heavy atom. The van der Waals surface area contributed by atoms with Crippen LogP contribution in [0.3, 0.4) is 0 Å². The average Bonchev–Trinajstić information content (AvgIpc) is 2.71. The molecule has 1 aromatic heterocycles. The standard InChI is InChI=1S/C24H29N3O2/c1-6-15-26(23(28)16(2)3)18(5)22-25-20-13-9-8-12-19(20)24(29)27(22)21-14-10-7-11-17(21)4/h7-14,16,18H,6,15H2,1-5H3. The minimum Gasteiger partial charge on any atom is -0.333 e. The fraction of sp³-hybridized carbons (Fsp3) is 0.375. The fourth-order valence-corrected chi connectivity index (χ4v) is 3.68. The Labute approximate surface area is 172 Å². The maximum absolute atomic E-state index is 13.5. The molecule has 1 heterocycles. The number of hydrogen-bond acceptors (Lipinski definition) is 3. The van der Waals surface area contributed by atoms with Gasteiger partial charge in [0.25, 0.3) is 5.56 Å². The van der Waals surface area contributed by atoms with E-state index in [1.807, 2.05) is 75.1 Å². The highest BCUT2D eigenvalue weighted by Gasteiger charge is 2.27. The third kappa shape index (κ3) is 3.95. The van der Waals surface area contributed by atoms with Crippen molar-refractivity contribution >= 4 is 16.8 Å². The number of rotatable bonds is 6. The summed E-state index contributed by atoms with van der Waals surface area (Å²) < 4.78 is 1.68. The molecule has 0 aliphatic rings. The molecule has 5 nitrogen and oxygen atoms in total. The minimum absolute atomic E-state index is 0.0677. The van der Waals surface area contributed by atoms with Gasteiger partial charge in [0.2, 0.25) is 5.91 Å². The molecular formula is C24H29N3O2. The van der Waals surface area contributed by atoms with Crippen molar-refractivity contribution in [3.05, 3.63) is 70.3 Å². The number of hydrogen-bond donors (Lipinski definition) is 0. The molecule has 0 N–H and O–H groups in total. The van der Waals surface area contributed by atoms with Crippen molar-refractivity contribution in [2.45, 2.75) is 47.1 Å². The molecule has 3 aromatic rings. The van der Waals surface area contributed by atoms with Gasteiger partial charge in [0, 0.05) is 12.5 Å². The van der Waals surface area contributed by atoms with Gasteiger partial charge in [-0.2, -0.15) is 0 Å². The van der Waals surface area contributed by atoms with Gasteiger partial charge in [-0.15, -0.1) is 0 Å². The first kappa shape index (κ1) is 20.8. The number of amides is 1. The third-order valence-corrected chi connectivity index (χ3v) is 5.24. The molecule has 0 fully saturated rings. The Balaban J connectivity index is 2.30. The van der Waals surface area contributed by atoms with E-state index in [0.29, 0.717) is 23.3 Å². The minimum atomic E-state index is -0.332. The van der Waals surface area contributed by atoms with Gasteiger partial charge in [-0.05, 0) is 44.0 Å². The molecule has 1 unspecified atom stereocenters. The van der Waals surface area contributed by atoms with Crippen LogP contribution in [0.4, 0.5) is 0 Å². The molecule has 0 aliphatic carbocycles. The Kier molecular flexibility index (Phi) is 6.16. The molecule has 0 radical (unpaired) electrons. The summed E-state index contributed by atoms with van der Waals surface area (Å²) in [7, 11) is 0. The van der Waals surface area contributed by atoms with E-state index in [0.717, 1.165) is 17.7 Å². The monoisotopic (exact) mass is 391 g/mol. The van der Waals surface area contributed by atoms with Gasteiger partial charge in [0.1, 0.15) is 5.82 Å². The van der Waals surface area contributed by atoms with E-state index in [1.54, 1.807) is 10.6 Å². The quantitative estimate of drug-likeness (QED) is 0.615. The van der Waals surface area contributed by atoms with Crippen molar-refractivity contribution in [2.75, 3.05) is 6.54 Å². The van der Waals surface area contributed by atoms with E-state index in [-0.39, 0.29) is 23.4 Å². The van der Waals surface area contributed by atoms with Crippen molar-refractivity contribution < 1.29 is 4.79 Å². The van der Waals surface area contributed by atoms with Crippen molar-refractivity contribution in [1.29, 1.82) is 0 Å². The zero-order valence-electron chi connectivity index (χ0n) is 17.8. The van der Waals surface area contributed by atoms with Crippen LogP contribution in [0.5, 0.6) is 0 Å². The number of aromatic nitrogens is 2. The maximum Gasteiger partial charge on any atom is 0.266 e. The number of benzene rings is 2. The van der Waals surface area contributed by atoms with Crippen molar-refractivity contribution in [3.63, 3.8) is 0 Å². The molecule has 0 saturated heterocycles. The van der Waals surface area contributed by atoms with E-state index >= 15 is 0 Å². The molecule has 1 atom stereocenters. The van der Waals surface area contributed by atoms with Gasteiger partial charge in [-0.1, -0.05) is 51.1 Å². The lowest BCUT2D eigenvalue weighted by Gasteiger charge is -2.31. The second-order valence-electron chi connectivity index (χ2n) is 7.78. The van der Waals surface area contributed by atoms with Gasteiger partial charge in [-0.25, -0.2) is 4.98 Å². The lowest BCUT2D eigenvalue weighted by Crippen LogP contribution is -2.40. The number of fused-ring (bicyclic) bond motifs is 1. The first-order chi connectivity index (χ1) is 13.9. The van der Waals surface area contributed by atoms with E-state index in [1.165, 1.54) is 0 Å². The zero-order valence-corrected chi connectivity index (χ0v) is 17.8. The summed E-state index contributed by atoms with van der Waals surface area (Å²) in [5.74, 6) is 0.534. The van der Waals surface area contributed by atoms with Crippen LogP contribution in [0.2, 0.25) is 0 Å². The number of aryl methyl sites for hydroxylation is 1. The predicted octanol–water partition coefficient (Wildman–Crippen LogP) is 4.65. The highest BCUT2D eigenvalue weighted by atomic mass is 16.2. The van der Waals surface area contributed by atoms with Crippen LogP contribution in [-0.2, 0) is 4.79 Å². The molecule has 5 heteroatoms. The largest absolute Gasteiger partial charge is 0.333 e. The Morgan fingerprint density at radius 2 is 1.72 bits per heavy atom. The molecule has 152 valence electrons. The van der Waals surface area contributed by atoms with Crippen LogP contribution in [-0.4, -0.2) is 26.9 Å². The van der Waals surface area contributed by atoms with Crippen LogP contribution in [0.1, 0.15) is 51.5 Å². The average molecular weight is 392 g/mol. The Morgan fingerprint density at radius 3 is 2.38 bits per heavy atom. The molecule has 29 heavy (non-hydrogen) atoms. The number of carbonyl (C=O) groups is 1. The Bertz CT molecular complexity index is 1080. The van der Waals surface area contributed by atoms with Gasteiger partial charge < -0.3 is 4.90 Å². The summed E-state index contributed by atoms with van der Waals surface area (Å²) in [6, 6.07) is 14.8. The molecule has 2 aromatic carbocycles. The molecule has 0 aliphatic heterocycles. The molecule has 0 saturated carbocycles. The number of para-hydroxylation sites is 2. The van der Waals surface area contributed by atoms with Gasteiger partial charge in [0.15, 0.2) is 0 Å². The van der Waals surface area contributed by atoms with Crippen LogP contribution < -0.4 is 5.56 Å². The summed E-state index contributed by atoms with van der Waals surface area (Å²) in [5.41, 5.74) is 2.32. The summed E-state index contributed by atoms with van der Waals surface area (Å²) in [5, 5.41) is 0.573. The van der Waals surface area contributed by atoms with Crippen LogP contribution in [0, 0.1) is 12.8 Å². The Hall–Kier alpha value is -2.95. The normalized spacial score (nSPS) is 12.3. The maximum atomic E-state index is 13.5. The zero-order chi connectivity index (χ0) is 21.1. The van der Waals surface area contributed by atoms with E-state index < -0.39 is 0 Å². The first-order valence-electron chi connectivity index (χ1n) is 10.2. The van der Waals surface area contributed by atoms with Crippen LogP contribution in [0.15, 0.2) is 53.3 Å². The van der Waals surface area contributed by atoms with Gasteiger partial charge >= 0.3 is 0 Å². The molecule has 1 amide bonds. The van der Waals surface area contributed by atoms with Crippen molar-refractivity contribution in [1.82, 2.24) is 14.5 Å². The summed E-state index contributed by atoms with van der Waals surface area (Å²) >= 11 is 0.